The molecule has 2 rings (SSSR count). The third kappa shape index (κ3) is 1.36. The topological polar surface area (TPSA) is 48.4 Å². The van der Waals surface area contributed by atoms with Crippen LogP contribution in [0.3, 0.4) is 0 Å². The quantitative estimate of drug-likeness (QED) is 0.423. The van der Waals surface area contributed by atoms with Crippen LogP contribution in [-0.4, -0.2) is 15.4 Å². The molecule has 0 saturated carbocycles. The number of fused-ring (bicyclic) bond motifs is 1. The van der Waals surface area contributed by atoms with E-state index < -0.39 is 0 Å². The Balaban J connectivity index is 2.73. The normalized spacial score (nSPS) is 12.3. The van der Waals surface area contributed by atoms with Gasteiger partial charge in [-0.2, -0.15) is 0 Å². The van der Waals surface area contributed by atoms with Crippen LogP contribution in [0.1, 0.15) is 11.1 Å². The van der Waals surface area contributed by atoms with E-state index in [9.17, 15) is 0 Å². The number of hydrogen-bond acceptors (Lipinski definition) is 2. The number of aryl methyl sites for hydroxylation is 1. The number of aromatic nitrogens is 1. The van der Waals surface area contributed by atoms with Crippen molar-refractivity contribution in [3.63, 3.8) is 0 Å². The Bertz CT molecular complexity index is 502. The van der Waals surface area contributed by atoms with E-state index in [1.807, 2.05) is 25.1 Å². The zero-order valence-corrected chi connectivity index (χ0v) is 8.34. The van der Waals surface area contributed by atoms with Crippen LogP contribution in [0, 0.1) is 6.92 Å². The Labute approximate surface area is 86.0 Å². The Morgan fingerprint density at radius 2 is 2.29 bits per heavy atom. The summed E-state index contributed by atoms with van der Waals surface area (Å²) in [5.41, 5.74) is 2.83. The highest BCUT2D eigenvalue weighted by molar-refractivity contribution is 6.70. The highest BCUT2D eigenvalue weighted by Crippen LogP contribution is 2.21. The molecular weight excluding hydrogens is 200 g/mol. The summed E-state index contributed by atoms with van der Waals surface area (Å²) in [6.45, 7) is 2.00. The van der Waals surface area contributed by atoms with Gasteiger partial charge in [-0.3, -0.25) is 0 Å². The van der Waals surface area contributed by atoms with E-state index in [4.69, 9.17) is 16.8 Å². The van der Waals surface area contributed by atoms with Crippen LogP contribution in [0.25, 0.3) is 10.9 Å². The smallest absolute Gasteiger partial charge is 0.177 e. The van der Waals surface area contributed by atoms with Crippen LogP contribution >= 0.6 is 11.6 Å². The molecule has 0 saturated heterocycles. The zero-order chi connectivity index (χ0) is 10.1. The summed E-state index contributed by atoms with van der Waals surface area (Å²) in [6.07, 6.45) is 1.73. The van der Waals surface area contributed by atoms with Crippen molar-refractivity contribution in [2.75, 3.05) is 0 Å². The van der Waals surface area contributed by atoms with E-state index in [2.05, 4.69) is 10.1 Å². The van der Waals surface area contributed by atoms with Gasteiger partial charge in [0.05, 0.1) is 0 Å². The molecule has 2 N–H and O–H groups in total. The van der Waals surface area contributed by atoms with Gasteiger partial charge in [-0.15, -0.1) is 0 Å². The molecule has 0 spiro atoms. The molecule has 0 bridgehead atoms. The van der Waals surface area contributed by atoms with Crippen molar-refractivity contribution in [3.8, 4) is 0 Å². The van der Waals surface area contributed by atoms with Crippen LogP contribution in [0.2, 0.25) is 0 Å². The van der Waals surface area contributed by atoms with Crippen molar-refractivity contribution in [2.24, 2.45) is 5.16 Å². The van der Waals surface area contributed by atoms with Gasteiger partial charge in [-0.1, -0.05) is 28.4 Å². The first-order valence-electron chi connectivity index (χ1n) is 4.18. The molecule has 1 aromatic carbocycles. The minimum atomic E-state index is 0.0989. The largest absolute Gasteiger partial charge is 0.410 e. The fraction of sp³-hybridized carbons (Fsp3) is 0.100. The Morgan fingerprint density at radius 3 is 3.00 bits per heavy atom. The number of benzene rings is 1. The average molecular weight is 209 g/mol. The monoisotopic (exact) mass is 208 g/mol. The summed E-state index contributed by atoms with van der Waals surface area (Å²) in [5, 5.41) is 12.6. The van der Waals surface area contributed by atoms with Crippen LogP contribution in [0.15, 0.2) is 29.6 Å². The summed E-state index contributed by atoms with van der Waals surface area (Å²) >= 11 is 5.74. The van der Waals surface area contributed by atoms with Gasteiger partial charge in [-0.05, 0) is 19.1 Å². The fourth-order valence-electron chi connectivity index (χ4n) is 1.46. The maximum absolute atomic E-state index is 8.58. The van der Waals surface area contributed by atoms with Gasteiger partial charge < -0.3 is 10.2 Å². The Kier molecular flexibility index (Phi) is 2.17. The first-order valence-corrected chi connectivity index (χ1v) is 4.56. The number of hydrogen-bond donors (Lipinski definition) is 2. The van der Waals surface area contributed by atoms with Crippen molar-refractivity contribution in [3.05, 3.63) is 35.5 Å². The number of oxime groups is 1. The first-order chi connectivity index (χ1) is 6.72. The lowest BCUT2D eigenvalue weighted by Crippen LogP contribution is -1.88. The van der Waals surface area contributed by atoms with E-state index in [0.29, 0.717) is 5.56 Å². The second-order valence-corrected chi connectivity index (χ2v) is 3.50. The second-order valence-electron chi connectivity index (χ2n) is 3.14. The van der Waals surface area contributed by atoms with Crippen molar-refractivity contribution in [1.29, 1.82) is 0 Å². The predicted octanol–water partition coefficient (Wildman–Crippen LogP) is 2.85. The van der Waals surface area contributed by atoms with E-state index >= 15 is 0 Å². The zero-order valence-electron chi connectivity index (χ0n) is 7.58. The van der Waals surface area contributed by atoms with Gasteiger partial charge in [0, 0.05) is 22.7 Å². The molecular formula is C10H9ClN2O. The van der Waals surface area contributed by atoms with E-state index in [0.717, 1.165) is 16.5 Å². The molecule has 1 aromatic heterocycles. The third-order valence-corrected chi connectivity index (χ3v) is 2.43. The minimum absolute atomic E-state index is 0.0989. The molecule has 0 aliphatic rings. The number of nitrogens with one attached hydrogen (secondary N) is 1. The van der Waals surface area contributed by atoms with E-state index in [-0.39, 0.29) is 5.17 Å². The van der Waals surface area contributed by atoms with Gasteiger partial charge in [0.1, 0.15) is 0 Å². The van der Waals surface area contributed by atoms with Gasteiger partial charge in [0.25, 0.3) is 0 Å². The molecule has 0 radical (unpaired) electrons. The standard InChI is InChI=1S/C10H9ClN2O/c1-6-2-3-9-7(4-6)8(5-12-9)10(11)13-14/h2-5,12,14H,1H3/b13-10-. The minimum Gasteiger partial charge on any atom is -0.410 e. The van der Waals surface area contributed by atoms with Gasteiger partial charge in [-0.25, -0.2) is 0 Å². The lowest BCUT2D eigenvalue weighted by molar-refractivity contribution is 0.321. The lowest BCUT2D eigenvalue weighted by Gasteiger charge is -1.95. The first kappa shape index (κ1) is 9.09. The van der Waals surface area contributed by atoms with Gasteiger partial charge in [0.15, 0.2) is 5.17 Å². The molecule has 0 aliphatic heterocycles. The Morgan fingerprint density at radius 1 is 1.50 bits per heavy atom. The third-order valence-electron chi connectivity index (χ3n) is 2.15. The molecule has 3 nitrogen and oxygen atoms in total. The molecule has 0 fully saturated rings. The molecule has 2 aromatic rings. The maximum Gasteiger partial charge on any atom is 0.177 e. The summed E-state index contributed by atoms with van der Waals surface area (Å²) in [7, 11) is 0. The highest BCUT2D eigenvalue weighted by atomic mass is 35.5. The number of H-pyrrole nitrogens is 1. The molecule has 0 aliphatic carbocycles. The molecule has 0 atom stereocenters. The van der Waals surface area contributed by atoms with Crippen LogP contribution in [0.4, 0.5) is 0 Å². The van der Waals surface area contributed by atoms with Gasteiger partial charge >= 0.3 is 0 Å². The van der Waals surface area contributed by atoms with E-state index in [1.54, 1.807) is 6.20 Å². The number of aromatic amines is 1. The number of nitrogens with zero attached hydrogens (tertiary/aromatic N) is 1. The molecule has 72 valence electrons. The average Bonchev–Trinajstić information content (AvgIpc) is 2.59. The number of halogens is 1. The molecule has 14 heavy (non-hydrogen) atoms. The summed E-state index contributed by atoms with van der Waals surface area (Å²) in [5.74, 6) is 0. The van der Waals surface area contributed by atoms with Crippen LogP contribution in [-0.2, 0) is 0 Å². The van der Waals surface area contributed by atoms with Crippen molar-refractivity contribution >= 4 is 27.7 Å². The van der Waals surface area contributed by atoms with Crippen LogP contribution in [0.5, 0.6) is 0 Å². The molecule has 0 amide bonds. The second kappa shape index (κ2) is 3.35. The lowest BCUT2D eigenvalue weighted by atomic mass is 10.1. The highest BCUT2D eigenvalue weighted by Gasteiger charge is 2.07. The molecule has 4 heteroatoms. The van der Waals surface area contributed by atoms with Crippen molar-refractivity contribution < 1.29 is 5.21 Å². The summed E-state index contributed by atoms with van der Waals surface area (Å²) in [6, 6.07) is 5.97. The Hall–Kier alpha value is -1.48. The SMILES string of the molecule is Cc1ccc2[nH]cc(/C(Cl)=N/O)c2c1. The number of rotatable bonds is 1. The summed E-state index contributed by atoms with van der Waals surface area (Å²) < 4.78 is 0. The van der Waals surface area contributed by atoms with Crippen LogP contribution < -0.4 is 0 Å². The van der Waals surface area contributed by atoms with E-state index in [1.165, 1.54) is 0 Å². The van der Waals surface area contributed by atoms with Crippen molar-refractivity contribution in [2.45, 2.75) is 6.92 Å². The summed E-state index contributed by atoms with van der Waals surface area (Å²) in [4.78, 5) is 3.05. The maximum atomic E-state index is 8.58. The van der Waals surface area contributed by atoms with Crippen molar-refractivity contribution in [1.82, 2.24) is 4.98 Å². The van der Waals surface area contributed by atoms with Gasteiger partial charge in [0.2, 0.25) is 0 Å². The predicted molar refractivity (Wildman–Crippen MR) is 57.2 cm³/mol. The molecule has 0 unspecified atom stereocenters. The fourth-order valence-corrected chi connectivity index (χ4v) is 1.62. The molecule has 1 heterocycles.